The lowest BCUT2D eigenvalue weighted by Crippen LogP contribution is -2.17. The van der Waals surface area contributed by atoms with Gasteiger partial charge in [0.05, 0.1) is 11.6 Å². The molecule has 0 bridgehead atoms. The van der Waals surface area contributed by atoms with E-state index in [0.29, 0.717) is 11.3 Å². The smallest absolute Gasteiger partial charge is 0.405 e. The molecule has 0 aliphatic carbocycles. The van der Waals surface area contributed by atoms with E-state index in [4.69, 9.17) is 11.6 Å². The van der Waals surface area contributed by atoms with E-state index in [1.807, 2.05) is 0 Å². The molecule has 3 nitrogen and oxygen atoms in total. The fourth-order valence-electron chi connectivity index (χ4n) is 1.59. The Labute approximate surface area is 112 Å². The van der Waals surface area contributed by atoms with E-state index in [2.05, 4.69) is 14.7 Å². The molecule has 0 N–H and O–H groups in total. The van der Waals surface area contributed by atoms with Crippen molar-refractivity contribution in [1.29, 1.82) is 0 Å². The van der Waals surface area contributed by atoms with Crippen LogP contribution in [0.4, 0.5) is 13.2 Å². The Balaban J connectivity index is 2.50. The number of hydrogen-bond acceptors (Lipinski definition) is 3. The van der Waals surface area contributed by atoms with Gasteiger partial charge in [-0.1, -0.05) is 18.2 Å². The first-order chi connectivity index (χ1) is 9.01. The summed E-state index contributed by atoms with van der Waals surface area (Å²) in [5, 5.41) is 0. The molecular weight excluding hydrogens is 281 g/mol. The van der Waals surface area contributed by atoms with Crippen LogP contribution in [0, 0.1) is 0 Å². The summed E-state index contributed by atoms with van der Waals surface area (Å²) in [6.07, 6.45) is -2.06. The van der Waals surface area contributed by atoms with Crippen LogP contribution >= 0.6 is 11.6 Å². The lowest BCUT2D eigenvalue weighted by Gasteiger charge is -2.14. The zero-order valence-electron chi connectivity index (χ0n) is 9.49. The molecule has 100 valence electrons. The van der Waals surface area contributed by atoms with Crippen molar-refractivity contribution in [2.45, 2.75) is 12.2 Å². The van der Waals surface area contributed by atoms with Crippen LogP contribution in [-0.4, -0.2) is 16.3 Å². The quantitative estimate of drug-likeness (QED) is 0.806. The summed E-state index contributed by atoms with van der Waals surface area (Å²) < 4.78 is 41.0. The highest BCUT2D eigenvalue weighted by atomic mass is 35.5. The van der Waals surface area contributed by atoms with Crippen LogP contribution in [0.25, 0.3) is 11.1 Å². The standard InChI is InChI=1S/C12H8ClF3N2O/c13-5-10-9(6-17-7-18-10)8-3-1-2-4-11(8)19-12(14,15)16/h1-4,6-7H,5H2. The van der Waals surface area contributed by atoms with Gasteiger partial charge in [-0.2, -0.15) is 0 Å². The van der Waals surface area contributed by atoms with Crippen molar-refractivity contribution < 1.29 is 17.9 Å². The number of nitrogens with zero attached hydrogens (tertiary/aromatic N) is 2. The highest BCUT2D eigenvalue weighted by Gasteiger charge is 2.32. The average Bonchev–Trinajstić information content (AvgIpc) is 2.37. The molecule has 0 radical (unpaired) electrons. The Morgan fingerprint density at radius 1 is 1.16 bits per heavy atom. The van der Waals surface area contributed by atoms with Crippen molar-refractivity contribution in [3.8, 4) is 16.9 Å². The number of para-hydroxylation sites is 1. The number of aromatic nitrogens is 2. The molecule has 0 amide bonds. The molecule has 2 aromatic rings. The lowest BCUT2D eigenvalue weighted by atomic mass is 10.1. The average molecular weight is 289 g/mol. The molecule has 0 fully saturated rings. The molecule has 0 saturated heterocycles. The molecule has 1 aromatic carbocycles. The summed E-state index contributed by atoms with van der Waals surface area (Å²) in [6, 6.07) is 5.78. The van der Waals surface area contributed by atoms with E-state index in [9.17, 15) is 13.2 Å². The first-order valence-corrected chi connectivity index (χ1v) is 5.74. The minimum Gasteiger partial charge on any atom is -0.405 e. The largest absolute Gasteiger partial charge is 0.573 e. The SMILES string of the molecule is FC(F)(F)Oc1ccccc1-c1cncnc1CCl. The van der Waals surface area contributed by atoms with Gasteiger partial charge < -0.3 is 4.74 Å². The lowest BCUT2D eigenvalue weighted by molar-refractivity contribution is -0.274. The maximum absolute atomic E-state index is 12.3. The number of rotatable bonds is 3. The van der Waals surface area contributed by atoms with Gasteiger partial charge in [-0.15, -0.1) is 24.8 Å². The van der Waals surface area contributed by atoms with Crippen molar-refractivity contribution in [2.75, 3.05) is 0 Å². The Bertz CT molecular complexity index is 575. The van der Waals surface area contributed by atoms with Crippen molar-refractivity contribution in [1.82, 2.24) is 9.97 Å². The van der Waals surface area contributed by atoms with E-state index >= 15 is 0 Å². The van der Waals surface area contributed by atoms with Crippen LogP contribution in [0.15, 0.2) is 36.8 Å². The van der Waals surface area contributed by atoms with E-state index in [0.717, 1.165) is 0 Å². The van der Waals surface area contributed by atoms with Gasteiger partial charge in [-0.3, -0.25) is 0 Å². The molecular formula is C12H8ClF3N2O. The Kier molecular flexibility index (Phi) is 3.90. The van der Waals surface area contributed by atoms with Gasteiger partial charge >= 0.3 is 6.36 Å². The van der Waals surface area contributed by atoms with Crippen LogP contribution in [0.1, 0.15) is 5.69 Å². The minimum atomic E-state index is -4.76. The molecule has 0 aliphatic heterocycles. The molecule has 0 spiro atoms. The number of benzene rings is 1. The fraction of sp³-hybridized carbons (Fsp3) is 0.167. The van der Waals surface area contributed by atoms with Crippen LogP contribution < -0.4 is 4.74 Å². The topological polar surface area (TPSA) is 35.0 Å². The molecule has 1 heterocycles. The minimum absolute atomic E-state index is 0.0677. The van der Waals surface area contributed by atoms with Gasteiger partial charge in [0.15, 0.2) is 0 Å². The first-order valence-electron chi connectivity index (χ1n) is 5.21. The monoisotopic (exact) mass is 288 g/mol. The van der Waals surface area contributed by atoms with Crippen molar-refractivity contribution in [3.63, 3.8) is 0 Å². The number of hydrogen-bond donors (Lipinski definition) is 0. The summed E-state index contributed by atoms with van der Waals surface area (Å²) >= 11 is 5.71. The van der Waals surface area contributed by atoms with E-state index in [1.165, 1.54) is 30.7 Å². The first kappa shape index (κ1) is 13.6. The maximum atomic E-state index is 12.3. The van der Waals surface area contributed by atoms with E-state index in [-0.39, 0.29) is 17.2 Å². The van der Waals surface area contributed by atoms with Crippen LogP contribution in [0.2, 0.25) is 0 Å². The number of alkyl halides is 4. The van der Waals surface area contributed by atoms with Gasteiger partial charge in [0.2, 0.25) is 0 Å². The molecule has 0 aliphatic rings. The Hall–Kier alpha value is -1.82. The normalized spacial score (nSPS) is 11.4. The number of ether oxygens (including phenoxy) is 1. The highest BCUT2D eigenvalue weighted by molar-refractivity contribution is 6.17. The predicted octanol–water partition coefficient (Wildman–Crippen LogP) is 3.78. The van der Waals surface area contributed by atoms with Gasteiger partial charge in [0.1, 0.15) is 12.1 Å². The van der Waals surface area contributed by atoms with E-state index in [1.54, 1.807) is 6.07 Å². The third-order valence-corrected chi connectivity index (χ3v) is 2.58. The zero-order valence-corrected chi connectivity index (χ0v) is 10.2. The van der Waals surface area contributed by atoms with Gasteiger partial charge in [0.25, 0.3) is 0 Å². The summed E-state index contributed by atoms with van der Waals surface area (Å²) in [7, 11) is 0. The molecule has 0 saturated carbocycles. The van der Waals surface area contributed by atoms with Crippen molar-refractivity contribution >= 4 is 11.6 Å². The summed E-state index contributed by atoms with van der Waals surface area (Å²) in [4.78, 5) is 7.73. The van der Waals surface area contributed by atoms with E-state index < -0.39 is 6.36 Å². The second kappa shape index (κ2) is 5.44. The molecule has 1 aromatic heterocycles. The third kappa shape index (κ3) is 3.35. The predicted molar refractivity (Wildman–Crippen MR) is 63.7 cm³/mol. The zero-order chi connectivity index (χ0) is 13.9. The second-order valence-corrected chi connectivity index (χ2v) is 3.83. The maximum Gasteiger partial charge on any atom is 0.573 e. The van der Waals surface area contributed by atoms with Gasteiger partial charge in [-0.05, 0) is 6.07 Å². The van der Waals surface area contributed by atoms with Gasteiger partial charge in [-0.25, -0.2) is 9.97 Å². The summed E-state index contributed by atoms with van der Waals surface area (Å²) in [5.41, 5.74) is 1.10. The molecule has 2 rings (SSSR count). The molecule has 0 atom stereocenters. The second-order valence-electron chi connectivity index (χ2n) is 3.56. The Morgan fingerprint density at radius 3 is 2.58 bits per heavy atom. The van der Waals surface area contributed by atoms with Gasteiger partial charge in [0, 0.05) is 17.3 Å². The molecule has 7 heteroatoms. The highest BCUT2D eigenvalue weighted by Crippen LogP contribution is 2.34. The van der Waals surface area contributed by atoms with Crippen LogP contribution in [0.3, 0.4) is 0 Å². The summed E-state index contributed by atoms with van der Waals surface area (Å²) in [5.74, 6) is -0.241. The fourth-order valence-corrected chi connectivity index (χ4v) is 1.80. The summed E-state index contributed by atoms with van der Waals surface area (Å²) in [6.45, 7) is 0. The van der Waals surface area contributed by atoms with Crippen molar-refractivity contribution in [3.05, 3.63) is 42.5 Å². The molecule has 19 heavy (non-hydrogen) atoms. The third-order valence-electron chi connectivity index (χ3n) is 2.32. The van der Waals surface area contributed by atoms with Crippen molar-refractivity contribution in [2.24, 2.45) is 0 Å². The number of halogens is 4. The molecule has 0 unspecified atom stereocenters. The van der Waals surface area contributed by atoms with Crippen LogP contribution in [0.5, 0.6) is 5.75 Å². The van der Waals surface area contributed by atoms with Crippen LogP contribution in [-0.2, 0) is 5.88 Å². The Morgan fingerprint density at radius 2 is 1.89 bits per heavy atom.